The highest BCUT2D eigenvalue weighted by Gasteiger charge is 2.12. The third-order valence-electron chi connectivity index (χ3n) is 2.45. The van der Waals surface area contributed by atoms with E-state index in [4.69, 9.17) is 10.5 Å². The van der Waals surface area contributed by atoms with Gasteiger partial charge in [0.25, 0.3) is 5.69 Å². The van der Waals surface area contributed by atoms with Crippen molar-refractivity contribution in [2.75, 3.05) is 37.4 Å². The van der Waals surface area contributed by atoms with Crippen LogP contribution >= 0.6 is 0 Å². The highest BCUT2D eigenvalue weighted by Crippen LogP contribution is 2.25. The van der Waals surface area contributed by atoms with E-state index in [1.807, 2.05) is 11.8 Å². The topological polar surface area (TPSA) is 81.6 Å². The fourth-order valence-electron chi connectivity index (χ4n) is 1.58. The maximum absolute atomic E-state index is 10.7. The minimum Gasteiger partial charge on any atom is -0.398 e. The van der Waals surface area contributed by atoms with Gasteiger partial charge < -0.3 is 15.4 Å². The summed E-state index contributed by atoms with van der Waals surface area (Å²) in [6, 6.07) is 4.61. The average molecular weight is 239 g/mol. The predicted octanol–water partition coefficient (Wildman–Crippen LogP) is 1.65. The molecule has 6 nitrogen and oxygen atoms in total. The summed E-state index contributed by atoms with van der Waals surface area (Å²) in [5, 5.41) is 10.7. The number of hydrogen-bond donors (Lipinski definition) is 1. The summed E-state index contributed by atoms with van der Waals surface area (Å²) in [6.45, 7) is 3.96. The van der Waals surface area contributed by atoms with Gasteiger partial charge in [-0.1, -0.05) is 0 Å². The highest BCUT2D eigenvalue weighted by molar-refractivity contribution is 5.62. The Morgan fingerprint density at radius 2 is 2.18 bits per heavy atom. The molecule has 1 aromatic rings. The summed E-state index contributed by atoms with van der Waals surface area (Å²) in [7, 11) is 1.62. The van der Waals surface area contributed by atoms with Gasteiger partial charge in [0, 0.05) is 43.7 Å². The van der Waals surface area contributed by atoms with E-state index < -0.39 is 4.92 Å². The van der Waals surface area contributed by atoms with Gasteiger partial charge >= 0.3 is 0 Å². The lowest BCUT2D eigenvalue weighted by Gasteiger charge is -2.22. The number of non-ortho nitro benzene ring substituents is 1. The van der Waals surface area contributed by atoms with Crippen molar-refractivity contribution in [3.05, 3.63) is 28.3 Å². The number of hydrogen-bond acceptors (Lipinski definition) is 5. The van der Waals surface area contributed by atoms with E-state index in [1.54, 1.807) is 13.2 Å². The van der Waals surface area contributed by atoms with Crippen molar-refractivity contribution < 1.29 is 9.66 Å². The van der Waals surface area contributed by atoms with Crippen LogP contribution in [-0.2, 0) is 4.74 Å². The summed E-state index contributed by atoms with van der Waals surface area (Å²) >= 11 is 0. The van der Waals surface area contributed by atoms with Crippen LogP contribution in [-0.4, -0.2) is 31.7 Å². The first kappa shape index (κ1) is 13.2. The molecule has 0 aromatic heterocycles. The van der Waals surface area contributed by atoms with Crippen molar-refractivity contribution in [1.82, 2.24) is 0 Å². The molecule has 0 radical (unpaired) electrons. The first-order valence-electron chi connectivity index (χ1n) is 5.37. The fourth-order valence-corrected chi connectivity index (χ4v) is 1.58. The number of rotatable bonds is 6. The van der Waals surface area contributed by atoms with E-state index in [2.05, 4.69) is 0 Å². The van der Waals surface area contributed by atoms with Crippen LogP contribution in [0.3, 0.4) is 0 Å². The first-order chi connectivity index (χ1) is 8.08. The number of ether oxygens (including phenoxy) is 1. The summed E-state index contributed by atoms with van der Waals surface area (Å²) in [5.41, 5.74) is 6.81. The van der Waals surface area contributed by atoms with E-state index in [1.165, 1.54) is 12.1 Å². The second-order valence-electron chi connectivity index (χ2n) is 3.61. The van der Waals surface area contributed by atoms with Crippen molar-refractivity contribution in [1.29, 1.82) is 0 Å². The van der Waals surface area contributed by atoms with Gasteiger partial charge in [0.05, 0.1) is 11.5 Å². The Morgan fingerprint density at radius 3 is 2.71 bits per heavy atom. The molecule has 0 heterocycles. The normalized spacial score (nSPS) is 10.2. The molecule has 0 unspecified atom stereocenters. The largest absolute Gasteiger partial charge is 0.398 e. The molecule has 0 atom stereocenters. The van der Waals surface area contributed by atoms with Crippen molar-refractivity contribution in [3.63, 3.8) is 0 Å². The minimum absolute atomic E-state index is 0.0101. The number of nitro groups is 1. The minimum atomic E-state index is -0.440. The third kappa shape index (κ3) is 3.60. The Bertz CT molecular complexity index is 396. The molecule has 2 N–H and O–H groups in total. The summed E-state index contributed by atoms with van der Waals surface area (Å²) < 4.78 is 5.00. The number of anilines is 2. The monoisotopic (exact) mass is 239 g/mol. The predicted molar refractivity (Wildman–Crippen MR) is 67.3 cm³/mol. The van der Waals surface area contributed by atoms with Crippen LogP contribution in [0.2, 0.25) is 0 Å². The number of nitrogens with zero attached hydrogens (tertiary/aromatic N) is 2. The Morgan fingerprint density at radius 1 is 1.47 bits per heavy atom. The quantitative estimate of drug-likeness (QED) is 0.463. The van der Waals surface area contributed by atoms with Crippen molar-refractivity contribution >= 4 is 17.1 Å². The molecule has 1 aromatic carbocycles. The Labute approximate surface area is 100 Å². The van der Waals surface area contributed by atoms with Gasteiger partial charge in [0.2, 0.25) is 0 Å². The van der Waals surface area contributed by atoms with Crippen LogP contribution in [0.15, 0.2) is 18.2 Å². The smallest absolute Gasteiger partial charge is 0.273 e. The van der Waals surface area contributed by atoms with E-state index in [9.17, 15) is 10.1 Å². The lowest BCUT2D eigenvalue weighted by atomic mass is 10.2. The highest BCUT2D eigenvalue weighted by atomic mass is 16.6. The van der Waals surface area contributed by atoms with Gasteiger partial charge in [0.1, 0.15) is 0 Å². The lowest BCUT2D eigenvalue weighted by molar-refractivity contribution is -0.384. The molecule has 0 aliphatic carbocycles. The Kier molecular flexibility index (Phi) is 4.71. The summed E-state index contributed by atoms with van der Waals surface area (Å²) in [4.78, 5) is 12.3. The van der Waals surface area contributed by atoms with Gasteiger partial charge in [-0.3, -0.25) is 10.1 Å². The van der Waals surface area contributed by atoms with E-state index >= 15 is 0 Å². The number of nitro benzene ring substituents is 1. The third-order valence-corrected chi connectivity index (χ3v) is 2.45. The number of methoxy groups -OCH3 is 1. The molecule has 94 valence electrons. The maximum Gasteiger partial charge on any atom is 0.273 e. The second-order valence-corrected chi connectivity index (χ2v) is 3.61. The molecule has 0 bridgehead atoms. The van der Waals surface area contributed by atoms with Gasteiger partial charge in [-0.05, 0) is 13.0 Å². The molecule has 0 amide bonds. The van der Waals surface area contributed by atoms with E-state index in [0.717, 1.165) is 12.2 Å². The van der Waals surface area contributed by atoms with Crippen molar-refractivity contribution in [2.45, 2.75) is 6.92 Å². The molecule has 0 saturated carbocycles. The van der Waals surface area contributed by atoms with Crippen molar-refractivity contribution in [3.8, 4) is 0 Å². The zero-order chi connectivity index (χ0) is 12.8. The van der Waals surface area contributed by atoms with Crippen LogP contribution in [0.5, 0.6) is 0 Å². The van der Waals surface area contributed by atoms with Crippen LogP contribution in [0.4, 0.5) is 17.1 Å². The molecule has 0 aliphatic rings. The van der Waals surface area contributed by atoms with Crippen LogP contribution in [0.25, 0.3) is 0 Å². The zero-order valence-corrected chi connectivity index (χ0v) is 10.0. The van der Waals surface area contributed by atoms with E-state index in [0.29, 0.717) is 18.8 Å². The summed E-state index contributed by atoms with van der Waals surface area (Å²) in [6.07, 6.45) is 0. The van der Waals surface area contributed by atoms with Gasteiger partial charge in [-0.25, -0.2) is 0 Å². The molecule has 0 fully saturated rings. The van der Waals surface area contributed by atoms with Gasteiger partial charge in [-0.2, -0.15) is 0 Å². The number of nitrogen functional groups attached to an aromatic ring is 1. The molecule has 1 rings (SSSR count). The Hall–Kier alpha value is -1.82. The molecular formula is C11H17N3O3. The number of nitrogens with two attached hydrogens (primary N) is 1. The summed E-state index contributed by atoms with van der Waals surface area (Å²) in [5.74, 6) is 0. The molecule has 0 saturated heterocycles. The van der Waals surface area contributed by atoms with Gasteiger partial charge in [0.15, 0.2) is 0 Å². The van der Waals surface area contributed by atoms with Crippen molar-refractivity contribution in [2.24, 2.45) is 0 Å². The SMILES string of the molecule is CCN(CCOC)c1cc(N)cc([N+](=O)[O-])c1. The van der Waals surface area contributed by atoms with Crippen LogP contribution in [0.1, 0.15) is 6.92 Å². The number of likely N-dealkylation sites (N-methyl/N-ethyl adjacent to an activating group) is 1. The molecule has 0 spiro atoms. The first-order valence-corrected chi connectivity index (χ1v) is 5.37. The second kappa shape index (κ2) is 6.05. The van der Waals surface area contributed by atoms with Crippen LogP contribution < -0.4 is 10.6 Å². The maximum atomic E-state index is 10.7. The number of benzene rings is 1. The molecule has 6 heteroatoms. The lowest BCUT2D eigenvalue weighted by Crippen LogP contribution is -2.26. The molecule has 0 aliphatic heterocycles. The van der Waals surface area contributed by atoms with Gasteiger partial charge in [-0.15, -0.1) is 0 Å². The standard InChI is InChI=1S/C11H17N3O3/c1-3-13(4-5-17-2)10-6-9(12)7-11(8-10)14(15)16/h6-8H,3-5,12H2,1-2H3. The average Bonchev–Trinajstić information content (AvgIpc) is 2.29. The fraction of sp³-hybridized carbons (Fsp3) is 0.455. The van der Waals surface area contributed by atoms with Crippen LogP contribution in [0, 0.1) is 10.1 Å². The molecule has 17 heavy (non-hydrogen) atoms. The zero-order valence-electron chi connectivity index (χ0n) is 10.0. The van der Waals surface area contributed by atoms with E-state index in [-0.39, 0.29) is 5.69 Å². The molecular weight excluding hydrogens is 222 g/mol. The Balaban J connectivity index is 2.98.